The zero-order chi connectivity index (χ0) is 17.0. The Morgan fingerprint density at radius 3 is 2.70 bits per heavy atom. The number of pyridine rings is 1. The van der Waals surface area contributed by atoms with Crippen molar-refractivity contribution in [1.29, 1.82) is 5.26 Å². The lowest BCUT2D eigenvalue weighted by molar-refractivity contribution is -0.139. The summed E-state index contributed by atoms with van der Waals surface area (Å²) in [6.07, 6.45) is 2.30. The SMILES string of the molecule is CCN(CC(=O)O)C1CC(NS(=O)(=O)c2ccc(C#N)nc2)C1. The van der Waals surface area contributed by atoms with E-state index in [9.17, 15) is 13.2 Å². The lowest BCUT2D eigenvalue weighted by atomic mass is 9.86. The van der Waals surface area contributed by atoms with Gasteiger partial charge in [-0.1, -0.05) is 6.92 Å². The summed E-state index contributed by atoms with van der Waals surface area (Å²) in [6, 6.07) is 4.37. The average molecular weight is 338 g/mol. The van der Waals surface area contributed by atoms with Crippen molar-refractivity contribution in [3.05, 3.63) is 24.0 Å². The molecule has 0 radical (unpaired) electrons. The number of carboxylic acids is 1. The molecule has 0 atom stereocenters. The second kappa shape index (κ2) is 7.04. The number of nitrogens with zero attached hydrogens (tertiary/aromatic N) is 3. The lowest BCUT2D eigenvalue weighted by Gasteiger charge is -2.42. The number of rotatable bonds is 7. The highest BCUT2D eigenvalue weighted by Crippen LogP contribution is 2.27. The molecule has 8 nitrogen and oxygen atoms in total. The maximum atomic E-state index is 12.2. The van der Waals surface area contributed by atoms with Gasteiger partial charge >= 0.3 is 5.97 Å². The number of aliphatic carboxylic acids is 1. The molecule has 1 aromatic rings. The van der Waals surface area contributed by atoms with Gasteiger partial charge in [-0.2, -0.15) is 5.26 Å². The molecule has 1 aliphatic carbocycles. The molecule has 1 aliphatic rings. The Labute approximate surface area is 134 Å². The summed E-state index contributed by atoms with van der Waals surface area (Å²) in [5.74, 6) is -0.889. The molecular formula is C14H18N4O4S. The molecule has 2 rings (SSSR count). The van der Waals surface area contributed by atoms with Crippen LogP contribution in [-0.2, 0) is 14.8 Å². The molecule has 23 heavy (non-hydrogen) atoms. The van der Waals surface area contributed by atoms with Gasteiger partial charge in [0, 0.05) is 18.3 Å². The maximum absolute atomic E-state index is 12.2. The molecule has 0 saturated heterocycles. The Kier molecular flexibility index (Phi) is 5.30. The molecular weight excluding hydrogens is 320 g/mol. The van der Waals surface area contributed by atoms with Crippen LogP contribution in [0.2, 0.25) is 0 Å². The molecule has 0 aliphatic heterocycles. The number of sulfonamides is 1. The van der Waals surface area contributed by atoms with Crippen LogP contribution < -0.4 is 4.72 Å². The van der Waals surface area contributed by atoms with Crippen LogP contribution in [0.1, 0.15) is 25.5 Å². The van der Waals surface area contributed by atoms with E-state index in [0.717, 1.165) is 6.20 Å². The van der Waals surface area contributed by atoms with Gasteiger partial charge in [-0.15, -0.1) is 0 Å². The van der Waals surface area contributed by atoms with E-state index in [0.29, 0.717) is 19.4 Å². The second-order valence-corrected chi connectivity index (χ2v) is 7.11. The molecule has 2 N–H and O–H groups in total. The predicted molar refractivity (Wildman–Crippen MR) is 81.0 cm³/mol. The van der Waals surface area contributed by atoms with E-state index in [1.54, 1.807) is 0 Å². The summed E-state index contributed by atoms with van der Waals surface area (Å²) in [7, 11) is -3.68. The normalized spacial score (nSPS) is 20.7. The van der Waals surface area contributed by atoms with E-state index < -0.39 is 16.0 Å². The fourth-order valence-electron chi connectivity index (χ4n) is 2.55. The van der Waals surface area contributed by atoms with Crippen LogP contribution in [-0.4, -0.2) is 54.6 Å². The Morgan fingerprint density at radius 1 is 1.52 bits per heavy atom. The highest BCUT2D eigenvalue weighted by atomic mass is 32.2. The zero-order valence-electron chi connectivity index (χ0n) is 12.6. The van der Waals surface area contributed by atoms with Crippen LogP contribution in [0.5, 0.6) is 0 Å². The summed E-state index contributed by atoms with van der Waals surface area (Å²) in [4.78, 5) is 16.4. The minimum atomic E-state index is -3.68. The average Bonchev–Trinajstić information content (AvgIpc) is 2.48. The van der Waals surface area contributed by atoms with Gasteiger partial charge in [0.25, 0.3) is 0 Å². The fourth-order valence-corrected chi connectivity index (χ4v) is 3.75. The Morgan fingerprint density at radius 2 is 2.22 bits per heavy atom. The number of carbonyl (C=O) groups is 1. The molecule has 0 bridgehead atoms. The first-order chi connectivity index (χ1) is 10.9. The first kappa shape index (κ1) is 17.3. The van der Waals surface area contributed by atoms with Crippen molar-refractivity contribution < 1.29 is 18.3 Å². The molecule has 0 spiro atoms. The van der Waals surface area contributed by atoms with Crippen LogP contribution in [0.4, 0.5) is 0 Å². The van der Waals surface area contributed by atoms with Crippen LogP contribution in [0.3, 0.4) is 0 Å². The van der Waals surface area contributed by atoms with Crippen molar-refractivity contribution in [3.63, 3.8) is 0 Å². The molecule has 0 aromatic carbocycles. The number of hydrogen-bond acceptors (Lipinski definition) is 6. The van der Waals surface area contributed by atoms with Gasteiger partial charge in [0.1, 0.15) is 16.7 Å². The highest BCUT2D eigenvalue weighted by molar-refractivity contribution is 7.89. The minimum absolute atomic E-state index is 0.0119. The second-order valence-electron chi connectivity index (χ2n) is 5.39. The van der Waals surface area contributed by atoms with Gasteiger partial charge in [0.2, 0.25) is 10.0 Å². The smallest absolute Gasteiger partial charge is 0.317 e. The summed E-state index contributed by atoms with van der Waals surface area (Å²) in [5, 5.41) is 17.5. The quantitative estimate of drug-likeness (QED) is 0.726. The standard InChI is InChI=1S/C14H18N4O4S/c1-2-18(9-14(19)20)12-5-11(6-12)17-23(21,22)13-4-3-10(7-15)16-8-13/h3-4,8,11-12,17H,2,5-6,9H2,1H3,(H,19,20). The van der Waals surface area contributed by atoms with E-state index in [1.807, 2.05) is 17.9 Å². The molecule has 9 heteroatoms. The van der Waals surface area contributed by atoms with Gasteiger partial charge in [-0.05, 0) is 31.5 Å². The summed E-state index contributed by atoms with van der Waals surface area (Å²) < 4.78 is 27.0. The summed E-state index contributed by atoms with van der Waals surface area (Å²) in [5.41, 5.74) is 0.153. The Bertz CT molecular complexity index is 705. The van der Waals surface area contributed by atoms with E-state index in [-0.39, 0.29) is 29.2 Å². The molecule has 0 unspecified atom stereocenters. The number of nitriles is 1. The molecule has 0 amide bonds. The van der Waals surface area contributed by atoms with Crippen molar-refractivity contribution in [3.8, 4) is 6.07 Å². The Hall–Kier alpha value is -2.02. The molecule has 1 aromatic heterocycles. The number of carboxylic acid groups (broad SMARTS) is 1. The predicted octanol–water partition coefficient (Wildman–Crippen LogP) is 0.169. The third-order valence-corrected chi connectivity index (χ3v) is 5.36. The monoisotopic (exact) mass is 338 g/mol. The van der Waals surface area contributed by atoms with Crippen LogP contribution >= 0.6 is 0 Å². The first-order valence-electron chi connectivity index (χ1n) is 7.20. The minimum Gasteiger partial charge on any atom is -0.480 e. The van der Waals surface area contributed by atoms with Gasteiger partial charge < -0.3 is 5.11 Å². The Balaban J connectivity index is 1.93. The molecule has 1 saturated carbocycles. The topological polar surface area (TPSA) is 123 Å². The lowest BCUT2D eigenvalue weighted by Crippen LogP contribution is -2.54. The van der Waals surface area contributed by atoms with Crippen molar-refractivity contribution in [2.24, 2.45) is 0 Å². The van der Waals surface area contributed by atoms with Crippen molar-refractivity contribution >= 4 is 16.0 Å². The summed E-state index contributed by atoms with van der Waals surface area (Å²) >= 11 is 0. The largest absolute Gasteiger partial charge is 0.480 e. The number of hydrogen-bond donors (Lipinski definition) is 2. The number of likely N-dealkylation sites (N-methyl/N-ethyl adjacent to an activating group) is 1. The zero-order valence-corrected chi connectivity index (χ0v) is 13.5. The number of aromatic nitrogens is 1. The highest BCUT2D eigenvalue weighted by Gasteiger charge is 2.36. The van der Waals surface area contributed by atoms with E-state index in [2.05, 4.69) is 9.71 Å². The van der Waals surface area contributed by atoms with E-state index in [1.165, 1.54) is 12.1 Å². The van der Waals surface area contributed by atoms with Crippen molar-refractivity contribution in [1.82, 2.24) is 14.6 Å². The summed E-state index contributed by atoms with van der Waals surface area (Å²) in [6.45, 7) is 2.44. The van der Waals surface area contributed by atoms with E-state index >= 15 is 0 Å². The fraction of sp³-hybridized carbons (Fsp3) is 0.500. The maximum Gasteiger partial charge on any atom is 0.317 e. The molecule has 124 valence electrons. The van der Waals surface area contributed by atoms with Gasteiger partial charge in [-0.3, -0.25) is 9.69 Å². The van der Waals surface area contributed by atoms with Gasteiger partial charge in [-0.25, -0.2) is 18.1 Å². The van der Waals surface area contributed by atoms with Gasteiger partial charge in [0.05, 0.1) is 6.54 Å². The van der Waals surface area contributed by atoms with Crippen LogP contribution in [0.15, 0.2) is 23.2 Å². The third kappa shape index (κ3) is 4.25. The number of nitrogens with one attached hydrogen (secondary N) is 1. The third-order valence-electron chi connectivity index (χ3n) is 3.86. The van der Waals surface area contributed by atoms with Crippen LogP contribution in [0, 0.1) is 11.3 Å². The van der Waals surface area contributed by atoms with Gasteiger partial charge in [0.15, 0.2) is 0 Å². The first-order valence-corrected chi connectivity index (χ1v) is 8.68. The van der Waals surface area contributed by atoms with E-state index in [4.69, 9.17) is 10.4 Å². The van der Waals surface area contributed by atoms with Crippen molar-refractivity contribution in [2.45, 2.75) is 36.7 Å². The van der Waals surface area contributed by atoms with Crippen LogP contribution in [0.25, 0.3) is 0 Å². The molecule has 1 heterocycles. The molecule has 1 fully saturated rings. The van der Waals surface area contributed by atoms with Crippen molar-refractivity contribution in [2.75, 3.05) is 13.1 Å².